The molecule has 9 nitrogen and oxygen atoms in total. The minimum atomic E-state index is -0.465. The maximum Gasteiger partial charge on any atom is 0.224 e. The van der Waals surface area contributed by atoms with Gasteiger partial charge in [-0.25, -0.2) is 9.37 Å². The van der Waals surface area contributed by atoms with E-state index in [9.17, 15) is 4.79 Å². The van der Waals surface area contributed by atoms with Crippen LogP contribution in [-0.4, -0.2) is 41.0 Å². The Labute approximate surface area is 210 Å². The molecule has 0 atom stereocenters. The van der Waals surface area contributed by atoms with Crippen molar-refractivity contribution in [1.82, 2.24) is 35.1 Å². The highest BCUT2D eigenvalue weighted by atomic mass is 19.1. The molecule has 5 heterocycles. The maximum atomic E-state index is 16.0. The number of imidazole rings is 1. The lowest BCUT2D eigenvalue weighted by Crippen LogP contribution is -2.10. The summed E-state index contributed by atoms with van der Waals surface area (Å²) < 4.78 is 16.0. The number of benzene rings is 1. The highest BCUT2D eigenvalue weighted by Gasteiger charge is 2.21. The number of pyridine rings is 3. The third-order valence-electron chi connectivity index (χ3n) is 6.06. The molecule has 0 fully saturated rings. The van der Waals surface area contributed by atoms with Crippen molar-refractivity contribution >= 4 is 33.5 Å². The predicted molar refractivity (Wildman–Crippen MR) is 139 cm³/mol. The first-order valence-corrected chi connectivity index (χ1v) is 11.8. The molecule has 37 heavy (non-hydrogen) atoms. The normalized spacial score (nSPS) is 11.3. The fourth-order valence-electron chi connectivity index (χ4n) is 4.34. The molecular weight excluding hydrogens is 471 g/mol. The zero-order valence-electron chi connectivity index (χ0n) is 19.8. The molecule has 6 rings (SSSR count). The first kappa shape index (κ1) is 22.5. The number of aromatic amines is 2. The van der Waals surface area contributed by atoms with Gasteiger partial charge in [0.05, 0.1) is 34.0 Å². The highest BCUT2D eigenvalue weighted by molar-refractivity contribution is 5.98. The Morgan fingerprint density at radius 3 is 2.68 bits per heavy atom. The molecule has 5 aromatic heterocycles. The molecule has 0 saturated carbocycles. The van der Waals surface area contributed by atoms with Crippen LogP contribution in [0.5, 0.6) is 0 Å². The number of H-pyrrole nitrogens is 2. The second-order valence-electron chi connectivity index (χ2n) is 8.56. The highest BCUT2D eigenvalue weighted by Crippen LogP contribution is 2.35. The van der Waals surface area contributed by atoms with Crippen molar-refractivity contribution in [2.75, 3.05) is 5.32 Å². The standard InChI is InChI=1S/C27H21FN8O/c1-2-3-21(37)32-17-12-16(13-30-14-17)18-4-5-19-22(23(18)28)26(36-35-19)27-33-20-8-11-31-24(25(20)34-27)15-6-9-29-10-7-15/h4-14H,2-3H2,1H3,(H,32,37)(H,33,34)(H,35,36). The van der Waals surface area contributed by atoms with Crippen LogP contribution in [-0.2, 0) is 4.79 Å². The summed E-state index contributed by atoms with van der Waals surface area (Å²) in [5, 5.41) is 10.4. The second-order valence-corrected chi connectivity index (χ2v) is 8.56. The predicted octanol–water partition coefficient (Wildman–Crippen LogP) is 5.50. The number of anilines is 1. The smallest absolute Gasteiger partial charge is 0.224 e. The SMILES string of the molecule is CCCC(=O)Nc1cncc(-c2ccc3[nH]nc(-c4nc5c(-c6ccncc6)nccc5[nH]4)c3c2F)c1. The number of nitrogens with zero attached hydrogens (tertiary/aromatic N) is 5. The Balaban J connectivity index is 1.44. The molecule has 1 amide bonds. The lowest BCUT2D eigenvalue weighted by Gasteiger charge is -2.08. The molecule has 0 radical (unpaired) electrons. The van der Waals surface area contributed by atoms with Crippen LogP contribution in [0.15, 0.2) is 67.4 Å². The van der Waals surface area contributed by atoms with Gasteiger partial charge in [0, 0.05) is 47.9 Å². The van der Waals surface area contributed by atoms with Crippen LogP contribution in [0, 0.1) is 5.82 Å². The van der Waals surface area contributed by atoms with E-state index in [0.717, 1.165) is 17.5 Å². The topological polar surface area (TPSA) is 125 Å². The van der Waals surface area contributed by atoms with Crippen LogP contribution in [0.2, 0.25) is 0 Å². The molecule has 182 valence electrons. The molecular formula is C27H21FN8O. The number of carbonyl (C=O) groups is 1. The van der Waals surface area contributed by atoms with Gasteiger partial charge in [0.1, 0.15) is 17.0 Å². The molecule has 0 spiro atoms. The van der Waals surface area contributed by atoms with Gasteiger partial charge < -0.3 is 10.3 Å². The molecule has 10 heteroatoms. The number of fused-ring (bicyclic) bond motifs is 2. The Hall–Kier alpha value is -4.99. The van der Waals surface area contributed by atoms with Gasteiger partial charge in [0.25, 0.3) is 0 Å². The van der Waals surface area contributed by atoms with Crippen molar-refractivity contribution in [3.8, 4) is 33.9 Å². The van der Waals surface area contributed by atoms with Gasteiger partial charge in [-0.05, 0) is 42.8 Å². The van der Waals surface area contributed by atoms with Gasteiger partial charge in [0.2, 0.25) is 5.91 Å². The largest absolute Gasteiger partial charge is 0.336 e. The molecule has 0 aliphatic carbocycles. The van der Waals surface area contributed by atoms with Crippen molar-refractivity contribution in [3.63, 3.8) is 0 Å². The van der Waals surface area contributed by atoms with E-state index in [1.54, 1.807) is 49.2 Å². The van der Waals surface area contributed by atoms with Crippen molar-refractivity contribution in [3.05, 3.63) is 73.2 Å². The number of halogens is 1. The fourth-order valence-corrected chi connectivity index (χ4v) is 4.34. The monoisotopic (exact) mass is 492 g/mol. The van der Waals surface area contributed by atoms with Gasteiger partial charge in [-0.1, -0.05) is 6.92 Å². The lowest BCUT2D eigenvalue weighted by molar-refractivity contribution is -0.116. The van der Waals surface area contributed by atoms with Gasteiger partial charge in [-0.2, -0.15) is 5.10 Å². The van der Waals surface area contributed by atoms with Gasteiger partial charge in [-0.15, -0.1) is 0 Å². The van der Waals surface area contributed by atoms with Crippen LogP contribution in [0.1, 0.15) is 19.8 Å². The van der Waals surface area contributed by atoms with E-state index in [0.29, 0.717) is 56.9 Å². The second kappa shape index (κ2) is 9.23. The van der Waals surface area contributed by atoms with E-state index in [2.05, 4.69) is 35.5 Å². The molecule has 0 saturated heterocycles. The molecule has 1 aromatic carbocycles. The van der Waals surface area contributed by atoms with Crippen molar-refractivity contribution in [1.29, 1.82) is 0 Å². The van der Waals surface area contributed by atoms with Gasteiger partial charge >= 0.3 is 0 Å². The van der Waals surface area contributed by atoms with Crippen LogP contribution >= 0.6 is 0 Å². The number of amides is 1. The van der Waals surface area contributed by atoms with Gasteiger partial charge in [0.15, 0.2) is 5.82 Å². The number of aromatic nitrogens is 7. The Morgan fingerprint density at radius 1 is 0.973 bits per heavy atom. The molecule has 0 bridgehead atoms. The Morgan fingerprint density at radius 2 is 1.84 bits per heavy atom. The van der Waals surface area contributed by atoms with Crippen molar-refractivity contribution < 1.29 is 9.18 Å². The van der Waals surface area contributed by atoms with Crippen molar-refractivity contribution in [2.45, 2.75) is 19.8 Å². The third kappa shape index (κ3) is 4.08. The van der Waals surface area contributed by atoms with E-state index in [4.69, 9.17) is 4.98 Å². The average molecular weight is 493 g/mol. The summed E-state index contributed by atoms with van der Waals surface area (Å²) >= 11 is 0. The van der Waals surface area contributed by atoms with E-state index in [1.165, 1.54) is 0 Å². The first-order chi connectivity index (χ1) is 18.1. The number of nitrogens with one attached hydrogen (secondary N) is 3. The maximum absolute atomic E-state index is 16.0. The summed E-state index contributed by atoms with van der Waals surface area (Å²) in [5.41, 5.74) is 5.24. The minimum absolute atomic E-state index is 0.111. The Kier molecular flexibility index (Phi) is 5.61. The van der Waals surface area contributed by atoms with Gasteiger partial charge in [-0.3, -0.25) is 24.8 Å². The number of rotatable bonds is 6. The molecule has 3 N–H and O–H groups in total. The summed E-state index contributed by atoms with van der Waals surface area (Å²) in [4.78, 5) is 32.8. The van der Waals surface area contributed by atoms with E-state index < -0.39 is 5.82 Å². The molecule has 6 aromatic rings. The summed E-state index contributed by atoms with van der Waals surface area (Å²) in [6.07, 6.45) is 9.32. The number of hydrogen-bond donors (Lipinski definition) is 3. The summed E-state index contributed by atoms with van der Waals surface area (Å²) in [6, 6.07) is 10.7. The molecule has 0 aliphatic rings. The summed E-state index contributed by atoms with van der Waals surface area (Å²) in [5.74, 6) is -0.160. The van der Waals surface area contributed by atoms with Crippen molar-refractivity contribution in [2.24, 2.45) is 0 Å². The summed E-state index contributed by atoms with van der Waals surface area (Å²) in [6.45, 7) is 1.93. The fraction of sp³-hybridized carbons (Fsp3) is 0.111. The third-order valence-corrected chi connectivity index (χ3v) is 6.06. The van der Waals surface area contributed by atoms with Crippen LogP contribution < -0.4 is 5.32 Å². The zero-order chi connectivity index (χ0) is 25.4. The van der Waals surface area contributed by atoms with Crippen LogP contribution in [0.3, 0.4) is 0 Å². The zero-order valence-corrected chi connectivity index (χ0v) is 19.8. The quantitative estimate of drug-likeness (QED) is 0.282. The lowest BCUT2D eigenvalue weighted by atomic mass is 10.0. The average Bonchev–Trinajstić information content (AvgIpc) is 3.54. The minimum Gasteiger partial charge on any atom is -0.336 e. The number of hydrogen-bond acceptors (Lipinski definition) is 6. The number of carbonyl (C=O) groups excluding carboxylic acids is 1. The molecule has 0 aliphatic heterocycles. The van der Waals surface area contributed by atoms with E-state index in [1.807, 2.05) is 25.1 Å². The molecule has 0 unspecified atom stereocenters. The van der Waals surface area contributed by atoms with E-state index >= 15 is 4.39 Å². The Bertz CT molecular complexity index is 1760. The van der Waals surface area contributed by atoms with Crippen LogP contribution in [0.25, 0.3) is 55.8 Å². The van der Waals surface area contributed by atoms with Crippen LogP contribution in [0.4, 0.5) is 10.1 Å². The van der Waals surface area contributed by atoms with E-state index in [-0.39, 0.29) is 5.91 Å². The first-order valence-electron chi connectivity index (χ1n) is 11.8. The summed E-state index contributed by atoms with van der Waals surface area (Å²) in [7, 11) is 0.